The van der Waals surface area contributed by atoms with Crippen LogP contribution in [0.2, 0.25) is 0 Å². The van der Waals surface area contributed by atoms with E-state index in [1.54, 1.807) is 0 Å². The van der Waals surface area contributed by atoms with Crippen molar-refractivity contribution in [3.05, 3.63) is 0 Å². The van der Waals surface area contributed by atoms with Crippen LogP contribution in [-0.2, 0) is 0 Å². The minimum Gasteiger partial charge on any atom is -0.320 e. The fourth-order valence-corrected chi connectivity index (χ4v) is 3.36. The Morgan fingerprint density at radius 2 is 1.59 bits per heavy atom. The number of hydrogen-bond acceptors (Lipinski definition) is 3. The summed E-state index contributed by atoms with van der Waals surface area (Å²) in [5.41, 5.74) is 0. The Labute approximate surface area is 112 Å². The molecule has 0 bridgehead atoms. The van der Waals surface area contributed by atoms with Gasteiger partial charge in [0.05, 0.1) is 0 Å². The van der Waals surface area contributed by atoms with E-state index in [0.717, 1.165) is 0 Å². The Hall–Kier alpha value is 0.270. The van der Waals surface area contributed by atoms with Gasteiger partial charge in [-0.2, -0.15) is 0 Å². The van der Waals surface area contributed by atoms with Crippen LogP contribution in [0.15, 0.2) is 0 Å². The predicted molar refractivity (Wildman–Crippen MR) is 79.8 cm³/mol. The summed E-state index contributed by atoms with van der Waals surface area (Å²) in [4.78, 5) is 2.60. The number of unbranched alkanes of at least 4 members (excludes halogenated alkanes) is 7. The Balaban J connectivity index is 1.69. The topological polar surface area (TPSA) is 15.3 Å². The van der Waals surface area contributed by atoms with Crippen molar-refractivity contribution in [2.45, 2.75) is 51.4 Å². The molecule has 1 aliphatic rings. The highest BCUT2D eigenvalue weighted by atomic mass is 32.2. The van der Waals surface area contributed by atoms with E-state index in [2.05, 4.69) is 22.0 Å². The molecule has 0 spiro atoms. The summed E-state index contributed by atoms with van der Waals surface area (Å²) in [6, 6.07) is 0. The molecule has 1 rings (SSSR count). The smallest absolute Gasteiger partial charge is 0.0445 e. The second-order valence-corrected chi connectivity index (χ2v) is 6.16. The van der Waals surface area contributed by atoms with Gasteiger partial charge in [-0.15, -0.1) is 11.8 Å². The Morgan fingerprint density at radius 1 is 0.941 bits per heavy atom. The van der Waals surface area contributed by atoms with Crippen LogP contribution in [0.4, 0.5) is 0 Å². The van der Waals surface area contributed by atoms with Crippen molar-refractivity contribution in [1.29, 1.82) is 0 Å². The summed E-state index contributed by atoms with van der Waals surface area (Å²) in [7, 11) is 2.04. The van der Waals surface area contributed by atoms with Gasteiger partial charge in [-0.05, 0) is 33.0 Å². The van der Waals surface area contributed by atoms with Crippen LogP contribution in [0.25, 0.3) is 0 Å². The first-order valence-corrected chi connectivity index (χ1v) is 8.53. The first-order chi connectivity index (χ1) is 8.43. The fourth-order valence-electron chi connectivity index (χ4n) is 2.33. The molecule has 0 aromatic carbocycles. The number of rotatable bonds is 11. The third kappa shape index (κ3) is 8.92. The molecule has 0 atom stereocenters. The zero-order chi connectivity index (χ0) is 12.2. The lowest BCUT2D eigenvalue weighted by Crippen LogP contribution is -2.20. The highest BCUT2D eigenvalue weighted by molar-refractivity contribution is 7.99. The van der Waals surface area contributed by atoms with Crippen LogP contribution in [0, 0.1) is 0 Å². The molecule has 1 fully saturated rings. The molecule has 0 aromatic rings. The quantitative estimate of drug-likeness (QED) is 0.572. The van der Waals surface area contributed by atoms with Crippen LogP contribution < -0.4 is 5.32 Å². The number of thioether (sulfide) groups is 1. The predicted octanol–water partition coefficient (Wildman–Crippen LogP) is 3.33. The lowest BCUT2D eigenvalue weighted by Gasteiger charge is -2.12. The van der Waals surface area contributed by atoms with Crippen molar-refractivity contribution in [3.63, 3.8) is 0 Å². The first-order valence-electron chi connectivity index (χ1n) is 7.38. The fraction of sp³-hybridized carbons (Fsp3) is 1.00. The van der Waals surface area contributed by atoms with Gasteiger partial charge in [0.2, 0.25) is 0 Å². The van der Waals surface area contributed by atoms with Gasteiger partial charge in [0.15, 0.2) is 0 Å². The molecule has 3 heteroatoms. The van der Waals surface area contributed by atoms with Crippen LogP contribution in [0.3, 0.4) is 0 Å². The zero-order valence-electron chi connectivity index (χ0n) is 11.5. The standard InChI is InChI=1S/C14H30N2S/c1-15-10-8-6-4-2-3-5-7-9-11-16-12-13-17-14-16/h15H,2-14H2,1H3. The van der Waals surface area contributed by atoms with Crippen molar-refractivity contribution in [2.75, 3.05) is 38.3 Å². The first kappa shape index (κ1) is 15.3. The summed E-state index contributed by atoms with van der Waals surface area (Å²) in [5.74, 6) is 2.64. The van der Waals surface area contributed by atoms with E-state index in [4.69, 9.17) is 0 Å². The minimum absolute atomic E-state index is 1.19. The van der Waals surface area contributed by atoms with Gasteiger partial charge in [-0.1, -0.05) is 38.5 Å². The molecule has 1 heterocycles. The summed E-state index contributed by atoms with van der Waals surface area (Å²) < 4.78 is 0. The molecule has 0 radical (unpaired) electrons. The van der Waals surface area contributed by atoms with Crippen molar-refractivity contribution >= 4 is 11.8 Å². The minimum atomic E-state index is 1.19. The third-order valence-electron chi connectivity index (χ3n) is 3.48. The van der Waals surface area contributed by atoms with Crippen LogP contribution in [0.1, 0.15) is 51.4 Å². The Bertz CT molecular complexity index is 158. The van der Waals surface area contributed by atoms with E-state index < -0.39 is 0 Å². The number of nitrogens with zero attached hydrogens (tertiary/aromatic N) is 1. The number of nitrogens with one attached hydrogen (secondary N) is 1. The molecule has 0 saturated carbocycles. The molecule has 2 nitrogen and oxygen atoms in total. The van der Waals surface area contributed by atoms with Crippen molar-refractivity contribution in [3.8, 4) is 0 Å². The summed E-state index contributed by atoms with van der Waals surface area (Å²) in [6.07, 6.45) is 11.4. The van der Waals surface area contributed by atoms with Crippen molar-refractivity contribution in [1.82, 2.24) is 10.2 Å². The second-order valence-electron chi connectivity index (χ2n) is 5.09. The van der Waals surface area contributed by atoms with Crippen LogP contribution in [0.5, 0.6) is 0 Å². The average molecular weight is 258 g/mol. The molecule has 0 unspecified atom stereocenters. The van der Waals surface area contributed by atoms with Crippen LogP contribution in [-0.4, -0.2) is 43.2 Å². The van der Waals surface area contributed by atoms with E-state index in [0.29, 0.717) is 0 Å². The normalized spacial score (nSPS) is 16.8. The Morgan fingerprint density at radius 3 is 2.18 bits per heavy atom. The molecular weight excluding hydrogens is 228 g/mol. The van der Waals surface area contributed by atoms with Gasteiger partial charge >= 0.3 is 0 Å². The van der Waals surface area contributed by atoms with Crippen LogP contribution >= 0.6 is 11.8 Å². The molecule has 0 aromatic heterocycles. The summed E-state index contributed by atoms with van der Waals surface area (Å²) >= 11 is 2.08. The summed E-state index contributed by atoms with van der Waals surface area (Å²) in [6.45, 7) is 3.86. The van der Waals surface area contributed by atoms with E-state index >= 15 is 0 Å². The maximum absolute atomic E-state index is 3.21. The van der Waals surface area contributed by atoms with Crippen molar-refractivity contribution < 1.29 is 0 Å². The van der Waals surface area contributed by atoms with Gasteiger partial charge in [-0.3, -0.25) is 4.90 Å². The third-order valence-corrected chi connectivity index (χ3v) is 4.50. The maximum Gasteiger partial charge on any atom is 0.0445 e. The van der Waals surface area contributed by atoms with Gasteiger partial charge in [-0.25, -0.2) is 0 Å². The lowest BCUT2D eigenvalue weighted by molar-refractivity contribution is 0.343. The second kappa shape index (κ2) is 11.4. The Kier molecular flexibility index (Phi) is 10.2. The highest BCUT2D eigenvalue weighted by Gasteiger charge is 2.10. The lowest BCUT2D eigenvalue weighted by atomic mass is 10.1. The van der Waals surface area contributed by atoms with Crippen molar-refractivity contribution in [2.24, 2.45) is 0 Å². The molecule has 0 aliphatic carbocycles. The number of hydrogen-bond donors (Lipinski definition) is 1. The zero-order valence-corrected chi connectivity index (χ0v) is 12.4. The van der Waals surface area contributed by atoms with E-state index in [-0.39, 0.29) is 0 Å². The molecule has 102 valence electrons. The maximum atomic E-state index is 3.21. The largest absolute Gasteiger partial charge is 0.320 e. The highest BCUT2D eigenvalue weighted by Crippen LogP contribution is 2.14. The molecule has 17 heavy (non-hydrogen) atoms. The molecule has 1 saturated heterocycles. The molecular formula is C14H30N2S. The summed E-state index contributed by atoms with van der Waals surface area (Å²) in [5, 5.41) is 3.21. The van der Waals surface area contributed by atoms with E-state index in [1.165, 1.54) is 82.6 Å². The molecule has 1 N–H and O–H groups in total. The molecule has 1 aliphatic heterocycles. The van der Waals surface area contributed by atoms with E-state index in [9.17, 15) is 0 Å². The van der Waals surface area contributed by atoms with Gasteiger partial charge in [0, 0.05) is 18.2 Å². The molecule has 0 amide bonds. The SMILES string of the molecule is CNCCCCCCCCCCN1CCSC1. The van der Waals surface area contributed by atoms with Gasteiger partial charge in [0.1, 0.15) is 0 Å². The van der Waals surface area contributed by atoms with Gasteiger partial charge in [0.25, 0.3) is 0 Å². The van der Waals surface area contributed by atoms with Gasteiger partial charge < -0.3 is 5.32 Å². The van der Waals surface area contributed by atoms with E-state index in [1.807, 2.05) is 7.05 Å². The monoisotopic (exact) mass is 258 g/mol. The average Bonchev–Trinajstić information content (AvgIpc) is 2.85.